The molecule has 22 heavy (non-hydrogen) atoms. The molecule has 0 saturated carbocycles. The van der Waals surface area contributed by atoms with Crippen molar-refractivity contribution in [1.29, 1.82) is 0 Å². The zero-order valence-corrected chi connectivity index (χ0v) is 13.5. The van der Waals surface area contributed by atoms with Crippen LogP contribution in [0.25, 0.3) is 11.4 Å². The first-order valence-electron chi connectivity index (χ1n) is 8.00. The van der Waals surface area contributed by atoms with Crippen molar-refractivity contribution in [2.45, 2.75) is 46.1 Å². The molecule has 0 unspecified atom stereocenters. The molecule has 1 atom stereocenters. The Morgan fingerprint density at radius 2 is 2.05 bits per heavy atom. The van der Waals surface area contributed by atoms with Crippen LogP contribution in [0.1, 0.15) is 49.2 Å². The molecule has 0 radical (unpaired) electrons. The molecule has 1 aliphatic heterocycles. The van der Waals surface area contributed by atoms with E-state index in [0.29, 0.717) is 18.3 Å². The molecule has 1 fully saturated rings. The molecule has 1 aromatic heterocycles. The van der Waals surface area contributed by atoms with E-state index < -0.39 is 0 Å². The fourth-order valence-corrected chi connectivity index (χ4v) is 3.01. The van der Waals surface area contributed by atoms with Crippen molar-refractivity contribution in [3.63, 3.8) is 0 Å². The monoisotopic (exact) mass is 301 g/mol. The summed E-state index contributed by atoms with van der Waals surface area (Å²) in [5.41, 5.74) is 3.17. The maximum absolute atomic E-state index is 5.68. The number of benzene rings is 1. The summed E-state index contributed by atoms with van der Waals surface area (Å²) in [7, 11) is 0. The van der Waals surface area contributed by atoms with Crippen molar-refractivity contribution in [3.05, 3.63) is 29.2 Å². The summed E-state index contributed by atoms with van der Waals surface area (Å²) in [6.07, 6.45) is 3.48. The van der Waals surface area contributed by atoms with Crippen molar-refractivity contribution in [1.82, 2.24) is 15.5 Å². The highest BCUT2D eigenvalue weighted by atomic mass is 16.5. The summed E-state index contributed by atoms with van der Waals surface area (Å²) in [6, 6.07) is 4.31. The maximum Gasteiger partial charge on any atom is 0.244 e. The lowest BCUT2D eigenvalue weighted by molar-refractivity contribution is 0.297. The molecular weight excluding hydrogens is 278 g/mol. The lowest BCUT2D eigenvalue weighted by atomic mass is 10.0. The molecule has 1 saturated heterocycles. The van der Waals surface area contributed by atoms with Crippen molar-refractivity contribution in [2.24, 2.45) is 0 Å². The van der Waals surface area contributed by atoms with Gasteiger partial charge in [0.15, 0.2) is 0 Å². The Kier molecular flexibility index (Phi) is 4.43. The van der Waals surface area contributed by atoms with E-state index in [4.69, 9.17) is 9.26 Å². The van der Waals surface area contributed by atoms with Gasteiger partial charge in [-0.1, -0.05) is 11.6 Å². The van der Waals surface area contributed by atoms with Crippen LogP contribution >= 0.6 is 0 Å². The highest BCUT2D eigenvalue weighted by Gasteiger charge is 2.21. The third-order valence-corrected chi connectivity index (χ3v) is 4.06. The number of nitrogens with zero attached hydrogens (tertiary/aromatic N) is 2. The molecule has 5 heteroatoms. The van der Waals surface area contributed by atoms with Gasteiger partial charge < -0.3 is 14.6 Å². The second kappa shape index (κ2) is 6.48. The van der Waals surface area contributed by atoms with E-state index >= 15 is 0 Å². The van der Waals surface area contributed by atoms with Gasteiger partial charge in [-0.05, 0) is 63.4 Å². The van der Waals surface area contributed by atoms with Gasteiger partial charge in [-0.15, -0.1) is 0 Å². The highest BCUT2D eigenvalue weighted by Crippen LogP contribution is 2.30. The Labute approximate surface area is 131 Å². The molecule has 2 heterocycles. The minimum atomic E-state index is 0.194. The van der Waals surface area contributed by atoms with Gasteiger partial charge in [-0.2, -0.15) is 4.98 Å². The van der Waals surface area contributed by atoms with Gasteiger partial charge in [0, 0.05) is 5.56 Å². The number of hydrogen-bond acceptors (Lipinski definition) is 5. The number of rotatable bonds is 4. The molecule has 1 aromatic carbocycles. The van der Waals surface area contributed by atoms with Crippen LogP contribution in [0.4, 0.5) is 0 Å². The molecule has 1 N–H and O–H groups in total. The summed E-state index contributed by atoms with van der Waals surface area (Å²) in [4.78, 5) is 4.58. The maximum atomic E-state index is 5.68. The summed E-state index contributed by atoms with van der Waals surface area (Å²) < 4.78 is 11.1. The summed E-state index contributed by atoms with van der Waals surface area (Å²) in [6.45, 7) is 7.77. The zero-order chi connectivity index (χ0) is 15.5. The molecule has 1 aliphatic rings. The topological polar surface area (TPSA) is 60.2 Å². The van der Waals surface area contributed by atoms with Gasteiger partial charge in [-0.3, -0.25) is 0 Å². The molecular formula is C17H23N3O2. The van der Waals surface area contributed by atoms with Gasteiger partial charge in [0.25, 0.3) is 0 Å². The van der Waals surface area contributed by atoms with Crippen LogP contribution in [0, 0.1) is 13.8 Å². The van der Waals surface area contributed by atoms with Crippen LogP contribution in [0.2, 0.25) is 0 Å². The smallest absolute Gasteiger partial charge is 0.244 e. The Morgan fingerprint density at radius 3 is 2.68 bits per heavy atom. The Hall–Kier alpha value is -1.88. The highest BCUT2D eigenvalue weighted by molar-refractivity contribution is 5.61. The number of hydrogen-bond donors (Lipinski definition) is 1. The van der Waals surface area contributed by atoms with E-state index in [0.717, 1.165) is 35.4 Å². The molecule has 0 aliphatic carbocycles. The molecule has 0 amide bonds. The van der Waals surface area contributed by atoms with Crippen LogP contribution in [-0.2, 0) is 0 Å². The minimum absolute atomic E-state index is 0.194. The standard InChI is InChI=1S/C17H23N3O2/c1-4-21-15-11(2)9-13(10-12(15)3)16-19-17(22-20-16)14-7-5-6-8-18-14/h9-10,14,18H,4-8H2,1-3H3/t14-/m0/s1. The van der Waals surface area contributed by atoms with Crippen molar-refractivity contribution < 1.29 is 9.26 Å². The normalized spacial score (nSPS) is 18.4. The number of nitrogens with one attached hydrogen (secondary N) is 1. The molecule has 0 bridgehead atoms. The van der Waals surface area contributed by atoms with Crippen LogP contribution in [0.5, 0.6) is 5.75 Å². The molecule has 3 rings (SSSR count). The van der Waals surface area contributed by atoms with Crippen LogP contribution in [-0.4, -0.2) is 23.3 Å². The third kappa shape index (κ3) is 2.99. The Bertz CT molecular complexity index is 622. The average Bonchev–Trinajstić information content (AvgIpc) is 3.01. The van der Waals surface area contributed by atoms with E-state index in [1.165, 1.54) is 12.8 Å². The summed E-state index contributed by atoms with van der Waals surface area (Å²) >= 11 is 0. The first-order chi connectivity index (χ1) is 10.7. The quantitative estimate of drug-likeness (QED) is 0.935. The van der Waals surface area contributed by atoms with E-state index in [1.54, 1.807) is 0 Å². The van der Waals surface area contributed by atoms with Gasteiger partial charge in [0.05, 0.1) is 12.6 Å². The molecule has 118 valence electrons. The average molecular weight is 301 g/mol. The number of aryl methyl sites for hydroxylation is 2. The summed E-state index contributed by atoms with van der Waals surface area (Å²) in [5, 5.41) is 7.59. The van der Waals surface area contributed by atoms with Crippen molar-refractivity contribution in [3.8, 4) is 17.1 Å². The van der Waals surface area contributed by atoms with Gasteiger partial charge in [-0.25, -0.2) is 0 Å². The third-order valence-electron chi connectivity index (χ3n) is 4.06. The van der Waals surface area contributed by atoms with E-state index in [2.05, 4.69) is 27.6 Å². The number of ether oxygens (including phenoxy) is 1. The van der Waals surface area contributed by atoms with Gasteiger partial charge in [0.1, 0.15) is 5.75 Å². The lowest BCUT2D eigenvalue weighted by Gasteiger charge is -2.19. The van der Waals surface area contributed by atoms with Gasteiger partial charge in [0.2, 0.25) is 11.7 Å². The fourth-order valence-electron chi connectivity index (χ4n) is 3.01. The number of piperidine rings is 1. The van der Waals surface area contributed by atoms with E-state index in [-0.39, 0.29) is 6.04 Å². The van der Waals surface area contributed by atoms with E-state index in [9.17, 15) is 0 Å². The molecule has 2 aromatic rings. The van der Waals surface area contributed by atoms with Gasteiger partial charge >= 0.3 is 0 Å². The first kappa shape index (κ1) is 15.0. The Balaban J connectivity index is 1.86. The zero-order valence-electron chi connectivity index (χ0n) is 13.5. The van der Waals surface area contributed by atoms with Crippen molar-refractivity contribution >= 4 is 0 Å². The molecule has 5 nitrogen and oxygen atoms in total. The Morgan fingerprint density at radius 1 is 1.27 bits per heavy atom. The lowest BCUT2D eigenvalue weighted by Crippen LogP contribution is -2.26. The van der Waals surface area contributed by atoms with E-state index in [1.807, 2.05) is 20.8 Å². The summed E-state index contributed by atoms with van der Waals surface area (Å²) in [5.74, 6) is 2.29. The fraction of sp³-hybridized carbons (Fsp3) is 0.529. The first-order valence-corrected chi connectivity index (χ1v) is 8.00. The van der Waals surface area contributed by atoms with Crippen LogP contribution in [0.3, 0.4) is 0 Å². The number of aromatic nitrogens is 2. The predicted molar refractivity (Wildman–Crippen MR) is 85.0 cm³/mol. The largest absolute Gasteiger partial charge is 0.493 e. The van der Waals surface area contributed by atoms with Crippen molar-refractivity contribution in [2.75, 3.05) is 13.2 Å². The van der Waals surface area contributed by atoms with Crippen LogP contribution in [0.15, 0.2) is 16.7 Å². The second-order valence-electron chi connectivity index (χ2n) is 5.83. The second-order valence-corrected chi connectivity index (χ2v) is 5.83. The minimum Gasteiger partial charge on any atom is -0.493 e. The van der Waals surface area contributed by atoms with Crippen LogP contribution < -0.4 is 10.1 Å². The molecule has 0 spiro atoms. The SMILES string of the molecule is CCOc1c(C)cc(-c2noc([C@@H]3CCCCN3)n2)cc1C. The predicted octanol–water partition coefficient (Wildman–Crippen LogP) is 3.57.